The van der Waals surface area contributed by atoms with E-state index in [2.05, 4.69) is 17.7 Å². The molecule has 0 bridgehead atoms. The van der Waals surface area contributed by atoms with Gasteiger partial charge in [-0.15, -0.1) is 11.3 Å². The lowest BCUT2D eigenvalue weighted by Crippen LogP contribution is -3.08. The topological polar surface area (TPSA) is 73.3 Å². The molecule has 7 nitrogen and oxygen atoms in total. The number of carbonyl (C=O) groups excluding carboxylic acids is 1. The van der Waals surface area contributed by atoms with Crippen LogP contribution in [0.15, 0.2) is 12.1 Å². The SMILES string of the molecule is COc1cc([C@H]2NC(=O)c3c(sc4c3CC[NH+](C)C4)N2)cc(OC)c1OC. The molecule has 8 heteroatoms. The number of rotatable bonds is 4. The first-order chi connectivity index (χ1) is 13.0. The number of likely N-dealkylation sites (N-methyl/N-ethyl adjacent to an activating group) is 1. The van der Waals surface area contributed by atoms with Crippen molar-refractivity contribution in [3.63, 3.8) is 0 Å². The van der Waals surface area contributed by atoms with Crippen molar-refractivity contribution in [2.45, 2.75) is 19.1 Å². The van der Waals surface area contributed by atoms with Crippen LogP contribution in [0, 0.1) is 0 Å². The van der Waals surface area contributed by atoms with E-state index in [1.807, 2.05) is 12.1 Å². The van der Waals surface area contributed by atoms with Crippen molar-refractivity contribution < 1.29 is 23.9 Å². The molecule has 2 aliphatic heterocycles. The number of methoxy groups -OCH3 is 3. The summed E-state index contributed by atoms with van der Waals surface area (Å²) in [5, 5.41) is 7.50. The van der Waals surface area contributed by atoms with Gasteiger partial charge in [-0.25, -0.2) is 0 Å². The molecular weight excluding hydrogens is 366 g/mol. The van der Waals surface area contributed by atoms with Gasteiger partial charge in [-0.3, -0.25) is 4.79 Å². The predicted molar refractivity (Wildman–Crippen MR) is 103 cm³/mol. The summed E-state index contributed by atoms with van der Waals surface area (Å²) in [6, 6.07) is 3.71. The van der Waals surface area contributed by atoms with Crippen LogP contribution in [0.2, 0.25) is 0 Å². The number of ether oxygens (including phenoxy) is 3. The fourth-order valence-electron chi connectivity index (χ4n) is 3.77. The lowest BCUT2D eigenvalue weighted by molar-refractivity contribution is -0.895. The summed E-state index contributed by atoms with van der Waals surface area (Å²) in [5.41, 5.74) is 2.86. The summed E-state index contributed by atoms with van der Waals surface area (Å²) >= 11 is 1.69. The van der Waals surface area contributed by atoms with Crippen LogP contribution < -0.4 is 29.7 Å². The van der Waals surface area contributed by atoms with Crippen LogP contribution in [0.25, 0.3) is 0 Å². The van der Waals surface area contributed by atoms with Crippen LogP contribution in [-0.4, -0.2) is 40.8 Å². The van der Waals surface area contributed by atoms with Crippen molar-refractivity contribution >= 4 is 22.2 Å². The zero-order chi connectivity index (χ0) is 19.1. The van der Waals surface area contributed by atoms with Crippen molar-refractivity contribution in [2.75, 3.05) is 40.2 Å². The summed E-state index contributed by atoms with van der Waals surface area (Å²) in [5.74, 6) is 1.62. The summed E-state index contributed by atoms with van der Waals surface area (Å²) in [4.78, 5) is 15.7. The van der Waals surface area contributed by atoms with Crippen LogP contribution in [0.1, 0.15) is 32.5 Å². The van der Waals surface area contributed by atoms with E-state index < -0.39 is 0 Å². The molecule has 4 rings (SSSR count). The standard InChI is InChI=1S/C19H23N3O4S/c1-22-6-5-11-14(9-22)27-19-15(11)18(23)20-17(21-19)10-7-12(24-2)16(26-4)13(8-10)25-3/h7-8,17,21H,5-6,9H2,1-4H3,(H,20,23)/p+1/t17-/m0/s1. The van der Waals surface area contributed by atoms with E-state index in [1.165, 1.54) is 15.3 Å². The molecule has 1 aromatic heterocycles. The Morgan fingerprint density at radius 2 is 1.81 bits per heavy atom. The molecule has 0 fully saturated rings. The molecule has 2 atom stereocenters. The first-order valence-corrected chi connectivity index (χ1v) is 9.70. The number of thiophene rings is 1. The number of amides is 1. The average Bonchev–Trinajstić information content (AvgIpc) is 3.04. The third-order valence-corrected chi connectivity index (χ3v) is 6.32. The van der Waals surface area contributed by atoms with Crippen LogP contribution in [-0.2, 0) is 13.0 Å². The molecule has 0 radical (unpaired) electrons. The fourth-order valence-corrected chi connectivity index (χ4v) is 5.15. The molecule has 2 aliphatic rings. The van der Waals surface area contributed by atoms with Gasteiger partial charge in [0.1, 0.15) is 17.7 Å². The molecule has 1 aromatic carbocycles. The molecule has 27 heavy (non-hydrogen) atoms. The van der Waals surface area contributed by atoms with Crippen molar-refractivity contribution in [3.05, 3.63) is 33.7 Å². The Morgan fingerprint density at radius 1 is 1.11 bits per heavy atom. The number of carbonyl (C=O) groups is 1. The van der Waals surface area contributed by atoms with Gasteiger partial charge in [0.15, 0.2) is 11.5 Å². The third-order valence-electron chi connectivity index (χ3n) is 5.15. The Labute approximate surface area is 162 Å². The number of quaternary nitrogens is 1. The first kappa shape index (κ1) is 17.9. The molecule has 3 N–H and O–H groups in total. The summed E-state index contributed by atoms with van der Waals surface area (Å²) in [7, 11) is 6.92. The van der Waals surface area contributed by atoms with Crippen molar-refractivity contribution in [2.24, 2.45) is 0 Å². The molecule has 144 valence electrons. The normalized spacial score (nSPS) is 20.8. The lowest BCUT2D eigenvalue weighted by atomic mass is 10.0. The maximum atomic E-state index is 12.9. The van der Waals surface area contributed by atoms with Crippen molar-refractivity contribution in [3.8, 4) is 17.2 Å². The molecule has 1 unspecified atom stereocenters. The lowest BCUT2D eigenvalue weighted by Gasteiger charge is -2.28. The van der Waals surface area contributed by atoms with E-state index >= 15 is 0 Å². The van der Waals surface area contributed by atoms with Crippen LogP contribution in [0.3, 0.4) is 0 Å². The maximum Gasteiger partial charge on any atom is 0.256 e. The number of nitrogens with one attached hydrogen (secondary N) is 3. The third kappa shape index (κ3) is 2.98. The fraction of sp³-hybridized carbons (Fsp3) is 0.421. The number of hydrogen-bond donors (Lipinski definition) is 3. The maximum absolute atomic E-state index is 12.9. The van der Waals surface area contributed by atoms with Gasteiger partial charge in [-0.05, 0) is 17.7 Å². The Hall–Kier alpha value is -2.45. The van der Waals surface area contributed by atoms with E-state index in [1.54, 1.807) is 32.7 Å². The molecule has 0 saturated carbocycles. The average molecular weight is 390 g/mol. The molecule has 3 heterocycles. The van der Waals surface area contributed by atoms with E-state index in [-0.39, 0.29) is 12.1 Å². The predicted octanol–water partition coefficient (Wildman–Crippen LogP) is 1.20. The first-order valence-electron chi connectivity index (χ1n) is 8.88. The molecule has 2 aromatic rings. The zero-order valence-electron chi connectivity index (χ0n) is 15.9. The minimum absolute atomic E-state index is 0.0282. The molecule has 0 aliphatic carbocycles. The Morgan fingerprint density at radius 3 is 2.44 bits per heavy atom. The van der Waals surface area contributed by atoms with Gasteiger partial charge in [-0.1, -0.05) is 0 Å². The second kappa shape index (κ2) is 6.94. The van der Waals surface area contributed by atoms with Crippen molar-refractivity contribution in [1.29, 1.82) is 0 Å². The number of hydrogen-bond acceptors (Lipinski definition) is 6. The molecule has 1 amide bonds. The van der Waals surface area contributed by atoms with Gasteiger partial charge in [0, 0.05) is 12.0 Å². The molecular formula is C19H24N3O4S+. The van der Waals surface area contributed by atoms with E-state index in [0.717, 1.165) is 35.6 Å². The van der Waals surface area contributed by atoms with E-state index in [0.29, 0.717) is 17.2 Å². The Balaban J connectivity index is 1.71. The van der Waals surface area contributed by atoms with Gasteiger partial charge in [0.05, 0.1) is 45.4 Å². The minimum Gasteiger partial charge on any atom is -0.493 e. The molecule has 0 saturated heterocycles. The highest BCUT2D eigenvalue weighted by Gasteiger charge is 2.34. The van der Waals surface area contributed by atoms with Gasteiger partial charge in [0.2, 0.25) is 5.75 Å². The highest BCUT2D eigenvalue weighted by atomic mass is 32.1. The van der Waals surface area contributed by atoms with Crippen LogP contribution >= 0.6 is 11.3 Å². The van der Waals surface area contributed by atoms with Gasteiger partial charge >= 0.3 is 0 Å². The van der Waals surface area contributed by atoms with Crippen LogP contribution in [0.4, 0.5) is 5.00 Å². The largest absolute Gasteiger partial charge is 0.493 e. The Bertz CT molecular complexity index is 870. The summed E-state index contributed by atoms with van der Waals surface area (Å²) in [6.45, 7) is 2.02. The molecule has 0 spiro atoms. The number of fused-ring (bicyclic) bond motifs is 3. The summed E-state index contributed by atoms with van der Waals surface area (Å²) in [6.07, 6.45) is 0.584. The smallest absolute Gasteiger partial charge is 0.256 e. The van der Waals surface area contributed by atoms with Gasteiger partial charge in [0.25, 0.3) is 5.91 Å². The monoisotopic (exact) mass is 390 g/mol. The number of benzene rings is 1. The number of anilines is 1. The van der Waals surface area contributed by atoms with Crippen molar-refractivity contribution in [1.82, 2.24) is 5.32 Å². The highest BCUT2D eigenvalue weighted by Crippen LogP contribution is 2.43. The van der Waals surface area contributed by atoms with E-state index in [9.17, 15) is 4.79 Å². The van der Waals surface area contributed by atoms with E-state index in [4.69, 9.17) is 14.2 Å². The van der Waals surface area contributed by atoms with Gasteiger partial charge < -0.3 is 29.7 Å². The zero-order valence-corrected chi connectivity index (χ0v) is 16.7. The quantitative estimate of drug-likeness (QED) is 0.732. The van der Waals surface area contributed by atoms with Crippen LogP contribution in [0.5, 0.6) is 17.2 Å². The highest BCUT2D eigenvalue weighted by molar-refractivity contribution is 7.16. The minimum atomic E-state index is -0.358. The second-order valence-electron chi connectivity index (χ2n) is 6.85. The Kier molecular flexibility index (Phi) is 4.61. The van der Waals surface area contributed by atoms with Gasteiger partial charge in [-0.2, -0.15) is 0 Å². The second-order valence-corrected chi connectivity index (χ2v) is 7.96. The summed E-state index contributed by atoms with van der Waals surface area (Å²) < 4.78 is 16.3.